The maximum atomic E-state index is 5.25. The first-order valence-corrected chi connectivity index (χ1v) is 8.04. The van der Waals surface area contributed by atoms with E-state index >= 15 is 0 Å². The van der Waals surface area contributed by atoms with Crippen molar-refractivity contribution in [3.8, 4) is 0 Å². The van der Waals surface area contributed by atoms with Gasteiger partial charge in [0.1, 0.15) is 0 Å². The number of benzene rings is 1. The Bertz CT molecular complexity index is 416. The van der Waals surface area contributed by atoms with Crippen LogP contribution in [-0.4, -0.2) is 6.04 Å². The first-order valence-electron chi connectivity index (χ1n) is 8.04. The van der Waals surface area contributed by atoms with E-state index in [1.165, 1.54) is 37.7 Å². The second kappa shape index (κ2) is 5.88. The summed E-state index contributed by atoms with van der Waals surface area (Å²) in [5.74, 6) is 3.95. The first kappa shape index (κ1) is 14.7. The minimum absolute atomic E-state index is 0. The van der Waals surface area contributed by atoms with Gasteiger partial charge in [0.15, 0.2) is 0 Å². The monoisotopic (exact) mass is 261 g/mol. The Labute approximate surface area is 135 Å². The van der Waals surface area contributed by atoms with Crippen LogP contribution in [0.4, 0.5) is 0 Å². The molecule has 20 heavy (non-hydrogen) atoms. The molecule has 0 saturated heterocycles. The molecule has 0 aromatic heterocycles. The maximum Gasteiger partial charge on any atom is 1.00 e. The Morgan fingerprint density at radius 3 is 2.00 bits per heavy atom. The summed E-state index contributed by atoms with van der Waals surface area (Å²) in [7, 11) is 0. The molecular weight excluding hydrogens is 237 g/mol. The third-order valence-corrected chi connectivity index (χ3v) is 5.85. The molecular formula is C18H24LiN. The zero-order valence-electron chi connectivity index (χ0n) is 12.8. The SMILES string of the molecule is C[C@H]([N-]C1C2CC3CC(C2)CC1C3)c1ccccc1.[Li+]. The summed E-state index contributed by atoms with van der Waals surface area (Å²) in [4.78, 5) is 0. The van der Waals surface area contributed by atoms with E-state index in [0.29, 0.717) is 12.1 Å². The van der Waals surface area contributed by atoms with Gasteiger partial charge in [0.2, 0.25) is 0 Å². The number of hydrogen-bond donors (Lipinski definition) is 0. The molecule has 1 nitrogen and oxygen atoms in total. The van der Waals surface area contributed by atoms with Crippen molar-refractivity contribution in [3.63, 3.8) is 0 Å². The van der Waals surface area contributed by atoms with E-state index in [2.05, 4.69) is 37.3 Å². The minimum Gasteiger partial charge on any atom is -0.653 e. The van der Waals surface area contributed by atoms with Gasteiger partial charge in [0.05, 0.1) is 0 Å². The van der Waals surface area contributed by atoms with E-state index < -0.39 is 0 Å². The summed E-state index contributed by atoms with van der Waals surface area (Å²) >= 11 is 0. The Kier molecular flexibility index (Phi) is 4.32. The zero-order chi connectivity index (χ0) is 12.8. The molecule has 4 fully saturated rings. The fraction of sp³-hybridized carbons (Fsp3) is 0.667. The van der Waals surface area contributed by atoms with E-state index in [1.807, 2.05) is 0 Å². The molecule has 2 heteroatoms. The number of hydrogen-bond acceptors (Lipinski definition) is 0. The van der Waals surface area contributed by atoms with E-state index in [4.69, 9.17) is 5.32 Å². The van der Waals surface area contributed by atoms with Crippen LogP contribution in [0.25, 0.3) is 5.32 Å². The quantitative estimate of drug-likeness (QED) is 0.738. The van der Waals surface area contributed by atoms with Crippen molar-refractivity contribution < 1.29 is 18.9 Å². The second-order valence-electron chi connectivity index (χ2n) is 7.16. The summed E-state index contributed by atoms with van der Waals surface area (Å²) in [5, 5.41) is 5.25. The van der Waals surface area contributed by atoms with Crippen LogP contribution < -0.4 is 18.9 Å². The Balaban J connectivity index is 0.00000121. The van der Waals surface area contributed by atoms with E-state index in [-0.39, 0.29) is 18.9 Å². The van der Waals surface area contributed by atoms with Gasteiger partial charge in [-0.1, -0.05) is 54.7 Å². The van der Waals surface area contributed by atoms with Gasteiger partial charge >= 0.3 is 18.9 Å². The fourth-order valence-electron chi connectivity index (χ4n) is 5.22. The largest absolute Gasteiger partial charge is 1.00 e. The van der Waals surface area contributed by atoms with Crippen LogP contribution in [0.2, 0.25) is 0 Å². The van der Waals surface area contributed by atoms with Gasteiger partial charge in [-0.2, -0.15) is 0 Å². The zero-order valence-corrected chi connectivity index (χ0v) is 12.8. The third-order valence-electron chi connectivity index (χ3n) is 5.85. The summed E-state index contributed by atoms with van der Waals surface area (Å²) in [6.07, 6.45) is 7.44. The van der Waals surface area contributed by atoms with Gasteiger partial charge in [0.25, 0.3) is 0 Å². The molecule has 0 aliphatic heterocycles. The molecule has 1 aromatic rings. The summed E-state index contributed by atoms with van der Waals surface area (Å²) in [6, 6.07) is 11.9. The molecule has 0 N–H and O–H groups in total. The van der Waals surface area contributed by atoms with Crippen molar-refractivity contribution in [1.82, 2.24) is 0 Å². The van der Waals surface area contributed by atoms with Gasteiger partial charge < -0.3 is 5.32 Å². The van der Waals surface area contributed by atoms with Crippen LogP contribution in [0.1, 0.15) is 50.6 Å². The minimum atomic E-state index is 0. The smallest absolute Gasteiger partial charge is 0.653 e. The maximum absolute atomic E-state index is 5.25. The Hall–Kier alpha value is -0.223. The summed E-state index contributed by atoms with van der Waals surface area (Å²) in [6.45, 7) is 2.28. The normalized spacial score (nSPS) is 39.4. The molecule has 4 bridgehead atoms. The van der Waals surface area contributed by atoms with Gasteiger partial charge in [-0.05, 0) is 43.9 Å². The Morgan fingerprint density at radius 1 is 0.900 bits per heavy atom. The second-order valence-corrected chi connectivity index (χ2v) is 7.16. The average Bonchev–Trinajstić information content (AvgIpc) is 2.43. The van der Waals surface area contributed by atoms with E-state index in [9.17, 15) is 0 Å². The topological polar surface area (TPSA) is 14.1 Å². The molecule has 102 valence electrons. The summed E-state index contributed by atoms with van der Waals surface area (Å²) < 4.78 is 0. The van der Waals surface area contributed by atoms with Crippen LogP contribution in [-0.2, 0) is 0 Å². The van der Waals surface area contributed by atoms with Crippen LogP contribution in [0.15, 0.2) is 30.3 Å². The van der Waals surface area contributed by atoms with Gasteiger partial charge in [0, 0.05) is 0 Å². The van der Waals surface area contributed by atoms with Crippen LogP contribution >= 0.6 is 0 Å². The molecule has 4 aliphatic rings. The van der Waals surface area contributed by atoms with Crippen molar-refractivity contribution in [2.75, 3.05) is 0 Å². The van der Waals surface area contributed by atoms with Crippen LogP contribution in [0, 0.1) is 23.7 Å². The molecule has 0 spiro atoms. The van der Waals surface area contributed by atoms with Crippen LogP contribution in [0.3, 0.4) is 0 Å². The number of nitrogens with zero attached hydrogens (tertiary/aromatic N) is 1. The molecule has 1 aromatic carbocycles. The summed E-state index contributed by atoms with van der Waals surface area (Å²) in [5.41, 5.74) is 1.39. The molecule has 5 rings (SSSR count). The van der Waals surface area contributed by atoms with Crippen molar-refractivity contribution in [2.45, 2.75) is 51.1 Å². The Morgan fingerprint density at radius 2 is 1.45 bits per heavy atom. The predicted octanol–water partition coefficient (Wildman–Crippen LogP) is 1.95. The van der Waals surface area contributed by atoms with E-state index in [1.54, 1.807) is 0 Å². The molecule has 1 atom stereocenters. The van der Waals surface area contributed by atoms with Gasteiger partial charge in [-0.3, -0.25) is 0 Å². The average molecular weight is 261 g/mol. The fourth-order valence-corrected chi connectivity index (χ4v) is 5.22. The van der Waals surface area contributed by atoms with Crippen molar-refractivity contribution in [1.29, 1.82) is 0 Å². The third kappa shape index (κ3) is 2.61. The van der Waals surface area contributed by atoms with Crippen molar-refractivity contribution in [2.24, 2.45) is 23.7 Å². The van der Waals surface area contributed by atoms with Gasteiger partial charge in [-0.15, -0.1) is 12.1 Å². The first-order chi connectivity index (χ1) is 9.29. The molecule has 0 radical (unpaired) electrons. The standard InChI is InChI=1S/C18H24N.Li/c1-12(15-5-3-2-4-6-15)19-18-16-8-13-7-14(10-16)11-17(18)9-13;/h2-6,12-14,16-18H,7-11H2,1H3;/q-1;+1/t12-,13?,14?,16?,17?,18?;/m0./s1. The molecule has 4 saturated carbocycles. The molecule has 0 heterocycles. The predicted molar refractivity (Wildman–Crippen MR) is 79.0 cm³/mol. The van der Waals surface area contributed by atoms with E-state index in [0.717, 1.165) is 23.7 Å². The molecule has 0 unspecified atom stereocenters. The van der Waals surface area contributed by atoms with Crippen molar-refractivity contribution >= 4 is 0 Å². The molecule has 0 amide bonds. The molecule has 4 aliphatic carbocycles. The van der Waals surface area contributed by atoms with Gasteiger partial charge in [-0.25, -0.2) is 0 Å². The number of rotatable bonds is 3. The van der Waals surface area contributed by atoms with Crippen molar-refractivity contribution in [3.05, 3.63) is 41.2 Å². The van der Waals surface area contributed by atoms with Crippen LogP contribution in [0.5, 0.6) is 0 Å².